The molecule has 1 fully saturated rings. The molecule has 1 heterocycles. The van der Waals surface area contributed by atoms with Crippen molar-refractivity contribution < 1.29 is 9.66 Å². The van der Waals surface area contributed by atoms with Gasteiger partial charge in [-0.3, -0.25) is 10.1 Å². The van der Waals surface area contributed by atoms with Crippen LogP contribution in [0.15, 0.2) is 24.3 Å². The zero-order chi connectivity index (χ0) is 11.5. The van der Waals surface area contributed by atoms with Crippen LogP contribution < -0.4 is 4.90 Å². The van der Waals surface area contributed by atoms with Gasteiger partial charge < -0.3 is 9.64 Å². The van der Waals surface area contributed by atoms with E-state index in [1.54, 1.807) is 12.1 Å². The Bertz CT molecular complexity index is 377. The van der Waals surface area contributed by atoms with Gasteiger partial charge in [-0.05, 0) is 18.6 Å². The lowest BCUT2D eigenvalue weighted by atomic mass is 10.2. The fraction of sp³-hybridized carbons (Fsp3) is 0.455. The lowest BCUT2D eigenvalue weighted by Crippen LogP contribution is -2.20. The molecule has 0 amide bonds. The van der Waals surface area contributed by atoms with E-state index in [-0.39, 0.29) is 16.7 Å². The minimum absolute atomic E-state index is 0.121. The van der Waals surface area contributed by atoms with Crippen LogP contribution in [0.2, 0.25) is 0 Å². The molecular weight excluding hydrogens is 208 g/mol. The van der Waals surface area contributed by atoms with Crippen molar-refractivity contribution in [2.45, 2.75) is 19.4 Å². The van der Waals surface area contributed by atoms with E-state index >= 15 is 0 Å². The topological polar surface area (TPSA) is 55.6 Å². The lowest BCUT2D eigenvalue weighted by Gasteiger charge is -2.15. The zero-order valence-corrected chi connectivity index (χ0v) is 9.13. The number of benzene rings is 1. The maximum Gasteiger partial charge on any atom is 0.269 e. The molecule has 0 radical (unpaired) electrons. The molecular formula is C11H14N2O3. The summed E-state index contributed by atoms with van der Waals surface area (Å²) in [5.74, 6) is 0. The van der Waals surface area contributed by atoms with E-state index in [4.69, 9.17) is 4.74 Å². The number of nitro benzene ring substituents is 1. The predicted molar refractivity (Wildman–Crippen MR) is 60.5 cm³/mol. The molecule has 5 nitrogen and oxygen atoms in total. The first-order valence-electron chi connectivity index (χ1n) is 5.31. The average Bonchev–Trinajstić information content (AvgIpc) is 2.77. The van der Waals surface area contributed by atoms with Crippen LogP contribution in [-0.4, -0.2) is 24.3 Å². The van der Waals surface area contributed by atoms with Crippen molar-refractivity contribution in [3.8, 4) is 0 Å². The number of rotatable bonds is 3. The third-order valence-electron chi connectivity index (χ3n) is 2.77. The van der Waals surface area contributed by atoms with Gasteiger partial charge in [0.25, 0.3) is 5.69 Å². The third kappa shape index (κ3) is 2.14. The van der Waals surface area contributed by atoms with Crippen molar-refractivity contribution in [2.75, 3.05) is 18.2 Å². The third-order valence-corrected chi connectivity index (χ3v) is 2.77. The molecule has 0 aliphatic carbocycles. The molecule has 16 heavy (non-hydrogen) atoms. The highest BCUT2D eigenvalue weighted by Crippen LogP contribution is 2.23. The maximum atomic E-state index is 10.5. The Morgan fingerprint density at radius 3 is 2.69 bits per heavy atom. The second kappa shape index (κ2) is 4.49. The van der Waals surface area contributed by atoms with E-state index in [9.17, 15) is 10.1 Å². The maximum absolute atomic E-state index is 10.5. The first-order valence-corrected chi connectivity index (χ1v) is 5.31. The Morgan fingerprint density at radius 1 is 1.50 bits per heavy atom. The van der Waals surface area contributed by atoms with Gasteiger partial charge in [0.2, 0.25) is 0 Å². The summed E-state index contributed by atoms with van der Waals surface area (Å²) in [6.45, 7) is 3.51. The molecule has 0 N–H and O–H groups in total. The number of nitro groups is 1. The van der Waals surface area contributed by atoms with Gasteiger partial charge >= 0.3 is 0 Å². The van der Waals surface area contributed by atoms with Crippen molar-refractivity contribution in [1.29, 1.82) is 0 Å². The van der Waals surface area contributed by atoms with Crippen molar-refractivity contribution in [1.82, 2.24) is 0 Å². The van der Waals surface area contributed by atoms with Crippen molar-refractivity contribution in [3.05, 3.63) is 34.4 Å². The molecule has 1 unspecified atom stereocenters. The van der Waals surface area contributed by atoms with Gasteiger partial charge in [0, 0.05) is 24.4 Å². The van der Waals surface area contributed by atoms with Gasteiger partial charge in [-0.25, -0.2) is 0 Å². The highest BCUT2D eigenvalue weighted by atomic mass is 16.6. The SMILES string of the molecule is CCC1CN(c2ccc([N+](=O)[O-])cc2)CO1. The number of ether oxygens (including phenoxy) is 1. The van der Waals surface area contributed by atoms with E-state index in [1.165, 1.54) is 12.1 Å². The molecule has 1 aromatic carbocycles. The fourth-order valence-electron chi connectivity index (χ4n) is 1.76. The molecule has 5 heteroatoms. The molecule has 2 rings (SSSR count). The van der Waals surface area contributed by atoms with Crippen LogP contribution in [0.1, 0.15) is 13.3 Å². The fourth-order valence-corrected chi connectivity index (χ4v) is 1.76. The Morgan fingerprint density at radius 2 is 2.19 bits per heavy atom. The van der Waals surface area contributed by atoms with Crippen molar-refractivity contribution >= 4 is 11.4 Å². The summed E-state index contributed by atoms with van der Waals surface area (Å²) >= 11 is 0. The van der Waals surface area contributed by atoms with Crippen LogP contribution in [-0.2, 0) is 4.74 Å². The van der Waals surface area contributed by atoms with Crippen LogP contribution in [0, 0.1) is 10.1 Å². The monoisotopic (exact) mass is 222 g/mol. The normalized spacial score (nSPS) is 20.1. The zero-order valence-electron chi connectivity index (χ0n) is 9.13. The molecule has 0 bridgehead atoms. The number of hydrogen-bond donors (Lipinski definition) is 0. The largest absolute Gasteiger partial charge is 0.356 e. The Kier molecular flexibility index (Phi) is 3.05. The molecule has 0 saturated carbocycles. The van der Waals surface area contributed by atoms with E-state index in [0.29, 0.717) is 6.73 Å². The van der Waals surface area contributed by atoms with Gasteiger partial charge in [0.1, 0.15) is 6.73 Å². The van der Waals surface area contributed by atoms with E-state index in [1.807, 2.05) is 0 Å². The standard InChI is InChI=1S/C11H14N2O3/c1-2-11-7-12(8-16-11)9-3-5-10(6-4-9)13(14)15/h3-6,11H,2,7-8H2,1H3. The minimum Gasteiger partial charge on any atom is -0.356 e. The number of hydrogen-bond acceptors (Lipinski definition) is 4. The highest BCUT2D eigenvalue weighted by Gasteiger charge is 2.21. The molecule has 86 valence electrons. The van der Waals surface area contributed by atoms with E-state index in [2.05, 4.69) is 11.8 Å². The van der Waals surface area contributed by atoms with Gasteiger partial charge in [0.15, 0.2) is 0 Å². The Balaban J connectivity index is 2.08. The van der Waals surface area contributed by atoms with Crippen LogP contribution in [0.3, 0.4) is 0 Å². The molecule has 0 aromatic heterocycles. The lowest BCUT2D eigenvalue weighted by molar-refractivity contribution is -0.384. The number of anilines is 1. The van der Waals surface area contributed by atoms with Crippen LogP contribution in [0.4, 0.5) is 11.4 Å². The first kappa shape index (κ1) is 10.9. The first-order chi connectivity index (χ1) is 7.70. The van der Waals surface area contributed by atoms with Gasteiger partial charge in [-0.2, -0.15) is 0 Å². The summed E-state index contributed by atoms with van der Waals surface area (Å²) in [5, 5.41) is 10.5. The molecule has 1 saturated heterocycles. The average molecular weight is 222 g/mol. The quantitative estimate of drug-likeness (QED) is 0.581. The number of non-ortho nitro benzene ring substituents is 1. The second-order valence-corrected chi connectivity index (χ2v) is 3.82. The minimum atomic E-state index is -0.390. The highest BCUT2D eigenvalue weighted by molar-refractivity contribution is 5.51. The second-order valence-electron chi connectivity index (χ2n) is 3.82. The molecule has 0 spiro atoms. The predicted octanol–water partition coefficient (Wildman–Crippen LogP) is 2.17. The Labute approximate surface area is 93.8 Å². The molecule has 1 aliphatic heterocycles. The van der Waals surface area contributed by atoms with Crippen molar-refractivity contribution in [2.24, 2.45) is 0 Å². The van der Waals surface area contributed by atoms with Crippen LogP contribution in [0.5, 0.6) is 0 Å². The summed E-state index contributed by atoms with van der Waals surface area (Å²) in [4.78, 5) is 12.2. The summed E-state index contributed by atoms with van der Waals surface area (Å²) in [6.07, 6.45) is 1.26. The summed E-state index contributed by atoms with van der Waals surface area (Å²) in [6, 6.07) is 6.57. The summed E-state index contributed by atoms with van der Waals surface area (Å²) < 4.78 is 5.54. The van der Waals surface area contributed by atoms with E-state index < -0.39 is 0 Å². The smallest absolute Gasteiger partial charge is 0.269 e. The van der Waals surface area contributed by atoms with Gasteiger partial charge in [0.05, 0.1) is 11.0 Å². The van der Waals surface area contributed by atoms with E-state index in [0.717, 1.165) is 18.7 Å². The van der Waals surface area contributed by atoms with Crippen LogP contribution >= 0.6 is 0 Å². The number of nitrogens with zero attached hydrogens (tertiary/aromatic N) is 2. The summed E-state index contributed by atoms with van der Waals surface area (Å²) in [5.41, 5.74) is 1.09. The Hall–Kier alpha value is -1.62. The van der Waals surface area contributed by atoms with Crippen molar-refractivity contribution in [3.63, 3.8) is 0 Å². The van der Waals surface area contributed by atoms with Gasteiger partial charge in [-0.1, -0.05) is 6.92 Å². The van der Waals surface area contributed by atoms with Gasteiger partial charge in [-0.15, -0.1) is 0 Å². The molecule has 1 aromatic rings. The molecule has 1 atom stereocenters. The van der Waals surface area contributed by atoms with Crippen LogP contribution in [0.25, 0.3) is 0 Å². The summed E-state index contributed by atoms with van der Waals surface area (Å²) in [7, 11) is 0. The molecule has 1 aliphatic rings.